The van der Waals surface area contributed by atoms with Gasteiger partial charge in [0.1, 0.15) is 0 Å². The quantitative estimate of drug-likeness (QED) is 0.433. The highest BCUT2D eigenvalue weighted by molar-refractivity contribution is 7.10. The summed E-state index contributed by atoms with van der Waals surface area (Å²) >= 11 is 1.12. The van der Waals surface area contributed by atoms with Crippen molar-refractivity contribution in [3.8, 4) is 0 Å². The Bertz CT molecular complexity index is 994. The van der Waals surface area contributed by atoms with Crippen LogP contribution in [0.1, 0.15) is 59.6 Å². The van der Waals surface area contributed by atoms with Crippen LogP contribution in [0.5, 0.6) is 0 Å². The summed E-state index contributed by atoms with van der Waals surface area (Å²) in [5.74, 6) is -1.89. The van der Waals surface area contributed by atoms with Gasteiger partial charge in [0.05, 0.1) is 17.0 Å². The maximum absolute atomic E-state index is 13.4. The Morgan fingerprint density at radius 3 is 2.11 bits per heavy atom. The Morgan fingerprint density at radius 2 is 1.57 bits per heavy atom. The number of nitrogens with zero attached hydrogens (tertiary/aromatic N) is 2. The van der Waals surface area contributed by atoms with E-state index in [2.05, 4.69) is 15.1 Å². The van der Waals surface area contributed by atoms with Gasteiger partial charge in [0, 0.05) is 50.2 Å². The maximum atomic E-state index is 13.4. The molecule has 1 amide bonds. The Balaban J connectivity index is 1.42. The molecule has 2 aliphatic rings. The summed E-state index contributed by atoms with van der Waals surface area (Å²) in [7, 11) is 0. The molecule has 1 aromatic carbocycles. The van der Waals surface area contributed by atoms with Crippen LogP contribution in [0.4, 0.5) is 26.3 Å². The summed E-state index contributed by atoms with van der Waals surface area (Å²) < 4.78 is 80.5. The molecule has 1 unspecified atom stereocenters. The van der Waals surface area contributed by atoms with Crippen LogP contribution in [0.15, 0.2) is 35.7 Å². The summed E-state index contributed by atoms with van der Waals surface area (Å²) in [5.41, 5.74) is -3.19. The number of alkyl halides is 6. The van der Waals surface area contributed by atoms with Crippen LogP contribution in [0.25, 0.3) is 0 Å². The minimum atomic E-state index is -4.98. The van der Waals surface area contributed by atoms with Crippen LogP contribution in [0, 0.1) is 0 Å². The molecular weight excluding hydrogens is 516 g/mol. The predicted octanol–water partition coefficient (Wildman–Crippen LogP) is 5.98. The lowest BCUT2D eigenvalue weighted by Gasteiger charge is -2.40. The highest BCUT2D eigenvalue weighted by Gasteiger charge is 2.38. The summed E-state index contributed by atoms with van der Waals surface area (Å²) in [6, 6.07) is 5.18. The van der Waals surface area contributed by atoms with Crippen molar-refractivity contribution in [2.45, 2.75) is 56.4 Å². The molecule has 0 radical (unpaired) electrons. The molecular formula is C26H31F6N3OS. The number of thiophene rings is 1. The molecule has 2 aromatic rings. The number of hydrogen-bond donors (Lipinski definition) is 1. The first kappa shape index (κ1) is 27.9. The average Bonchev–Trinajstić information content (AvgIpc) is 3.38. The van der Waals surface area contributed by atoms with E-state index < -0.39 is 35.3 Å². The Morgan fingerprint density at radius 1 is 0.946 bits per heavy atom. The largest absolute Gasteiger partial charge is 0.416 e. The Hall–Kier alpha value is -2.11. The van der Waals surface area contributed by atoms with Gasteiger partial charge in [-0.05, 0) is 48.1 Å². The number of hydrogen-bond acceptors (Lipinski definition) is 4. The summed E-state index contributed by atoms with van der Waals surface area (Å²) in [6.07, 6.45) is -3.62. The minimum Gasteiger partial charge on any atom is -0.354 e. The van der Waals surface area contributed by atoms with Gasteiger partial charge in [-0.2, -0.15) is 26.3 Å². The van der Waals surface area contributed by atoms with Crippen LogP contribution in [-0.4, -0.2) is 61.0 Å². The van der Waals surface area contributed by atoms with Gasteiger partial charge in [-0.25, -0.2) is 0 Å². The molecule has 1 N–H and O–H groups in total. The third kappa shape index (κ3) is 7.26. The molecule has 1 saturated carbocycles. The third-order valence-corrected chi connectivity index (χ3v) is 8.20. The van der Waals surface area contributed by atoms with Crippen LogP contribution < -0.4 is 5.32 Å². The smallest absolute Gasteiger partial charge is 0.354 e. The number of piperazine rings is 1. The zero-order chi connectivity index (χ0) is 26.6. The standard InChI is InChI=1S/C26H31F6N3OS/c27-25(28,29)19-15-18(16-20(17-19)26(30,31)32)23(22-7-4-14-37-22)24(36)33-8-9-34-10-12-35(13-11-34)21-5-2-1-3-6-21/h4,7,14-17,21,23H,1-3,5-6,8-13H2,(H,33,36). The molecule has 11 heteroatoms. The Kier molecular flexibility index (Phi) is 8.85. The summed E-state index contributed by atoms with van der Waals surface area (Å²) in [5, 5.41) is 4.40. The van der Waals surface area contributed by atoms with E-state index in [1.807, 2.05) is 0 Å². The topological polar surface area (TPSA) is 35.6 Å². The fraction of sp³-hybridized carbons (Fsp3) is 0.577. The first-order valence-electron chi connectivity index (χ1n) is 12.6. The number of rotatable bonds is 7. The van der Waals surface area contributed by atoms with E-state index in [1.54, 1.807) is 17.5 Å². The average molecular weight is 548 g/mol. The lowest BCUT2D eigenvalue weighted by atomic mass is 9.92. The highest BCUT2D eigenvalue weighted by atomic mass is 32.1. The van der Waals surface area contributed by atoms with Crippen molar-refractivity contribution in [2.75, 3.05) is 39.3 Å². The van der Waals surface area contributed by atoms with Crippen molar-refractivity contribution >= 4 is 17.2 Å². The second-order valence-corrected chi connectivity index (χ2v) is 10.7. The number of nitrogens with one attached hydrogen (secondary N) is 1. The molecule has 1 aliphatic heterocycles. The predicted molar refractivity (Wildman–Crippen MR) is 131 cm³/mol. The second-order valence-electron chi connectivity index (χ2n) is 9.75. The van der Waals surface area contributed by atoms with Gasteiger partial charge in [-0.15, -0.1) is 11.3 Å². The SMILES string of the molecule is O=C(NCCN1CCN(C2CCCCC2)CC1)C(c1cc(C(F)(F)F)cc(C(F)(F)F)c1)c1cccs1. The molecule has 2 fully saturated rings. The van der Waals surface area contributed by atoms with Crippen molar-refractivity contribution < 1.29 is 31.1 Å². The first-order chi connectivity index (χ1) is 17.5. The number of halogens is 6. The van der Waals surface area contributed by atoms with Crippen LogP contribution in [-0.2, 0) is 17.1 Å². The van der Waals surface area contributed by atoms with Gasteiger partial charge in [-0.1, -0.05) is 25.3 Å². The zero-order valence-corrected chi connectivity index (χ0v) is 21.2. The van der Waals surface area contributed by atoms with Crippen molar-refractivity contribution in [2.24, 2.45) is 0 Å². The van der Waals surface area contributed by atoms with Gasteiger partial charge in [0.25, 0.3) is 0 Å². The molecule has 1 atom stereocenters. The zero-order valence-electron chi connectivity index (χ0n) is 20.4. The molecule has 0 bridgehead atoms. The van der Waals surface area contributed by atoms with Crippen LogP contribution in [0.3, 0.4) is 0 Å². The minimum absolute atomic E-state index is 0.0832. The molecule has 204 valence electrons. The normalized spacial score (nSPS) is 19.6. The monoisotopic (exact) mass is 547 g/mol. The van der Waals surface area contributed by atoms with Gasteiger partial charge < -0.3 is 5.32 Å². The molecule has 2 heterocycles. The van der Waals surface area contributed by atoms with Gasteiger partial charge in [-0.3, -0.25) is 14.6 Å². The van der Waals surface area contributed by atoms with Gasteiger partial charge >= 0.3 is 12.4 Å². The van der Waals surface area contributed by atoms with E-state index in [0.29, 0.717) is 29.6 Å². The summed E-state index contributed by atoms with van der Waals surface area (Å²) in [6.45, 7) is 4.47. The molecule has 0 spiro atoms. The van der Waals surface area contributed by atoms with Crippen molar-refractivity contribution in [1.29, 1.82) is 0 Å². The number of carbonyl (C=O) groups is 1. The fourth-order valence-corrected chi connectivity index (χ4v) is 6.13. The van der Waals surface area contributed by atoms with Gasteiger partial charge in [0.15, 0.2) is 0 Å². The van der Waals surface area contributed by atoms with Crippen LogP contribution in [0.2, 0.25) is 0 Å². The van der Waals surface area contributed by atoms with E-state index in [-0.39, 0.29) is 18.2 Å². The van der Waals surface area contributed by atoms with E-state index in [0.717, 1.165) is 37.5 Å². The molecule has 1 aromatic heterocycles. The lowest BCUT2D eigenvalue weighted by molar-refractivity contribution is -0.143. The summed E-state index contributed by atoms with van der Waals surface area (Å²) in [4.78, 5) is 18.3. The van der Waals surface area contributed by atoms with E-state index in [4.69, 9.17) is 0 Å². The van der Waals surface area contributed by atoms with E-state index in [9.17, 15) is 31.1 Å². The van der Waals surface area contributed by atoms with Crippen LogP contribution >= 0.6 is 11.3 Å². The fourth-order valence-electron chi connectivity index (χ4n) is 5.28. The van der Waals surface area contributed by atoms with Crippen molar-refractivity contribution in [3.05, 3.63) is 57.3 Å². The number of benzene rings is 1. The van der Waals surface area contributed by atoms with E-state index >= 15 is 0 Å². The van der Waals surface area contributed by atoms with Crippen molar-refractivity contribution in [3.63, 3.8) is 0 Å². The highest BCUT2D eigenvalue weighted by Crippen LogP contribution is 2.39. The Labute approximate surface area is 216 Å². The lowest BCUT2D eigenvalue weighted by Crippen LogP contribution is -2.52. The molecule has 1 saturated heterocycles. The van der Waals surface area contributed by atoms with E-state index in [1.165, 1.54) is 32.1 Å². The maximum Gasteiger partial charge on any atom is 0.416 e. The molecule has 4 rings (SSSR count). The van der Waals surface area contributed by atoms with Crippen molar-refractivity contribution in [1.82, 2.24) is 15.1 Å². The molecule has 1 aliphatic carbocycles. The second kappa shape index (κ2) is 11.7. The third-order valence-electron chi connectivity index (χ3n) is 7.26. The first-order valence-corrected chi connectivity index (χ1v) is 13.5. The molecule has 37 heavy (non-hydrogen) atoms. The molecule has 4 nitrogen and oxygen atoms in total. The van der Waals surface area contributed by atoms with Gasteiger partial charge in [0.2, 0.25) is 5.91 Å². The number of amides is 1. The number of carbonyl (C=O) groups excluding carboxylic acids is 1.